The molecule has 0 aromatic rings. The fourth-order valence-corrected chi connectivity index (χ4v) is 1.83. The molecule has 2 fully saturated rings. The van der Waals surface area contributed by atoms with Crippen LogP contribution in [0.5, 0.6) is 0 Å². The minimum Gasteiger partial charge on any atom is -0.362 e. The Kier molecular flexibility index (Phi) is 2.02. The standard InChI is InChI=1S/C8H14N2O2/c11-7-8(12-5-4-10-7)2-1-3-9-6-8/h9H,1-6H2,(H,10,11). The summed E-state index contributed by atoms with van der Waals surface area (Å²) in [4.78, 5) is 11.5. The Hall–Kier alpha value is -0.610. The summed E-state index contributed by atoms with van der Waals surface area (Å²) in [5.41, 5.74) is -0.545. The molecule has 2 N–H and O–H groups in total. The molecule has 2 rings (SSSR count). The third kappa shape index (κ3) is 1.21. The SMILES string of the molecule is O=C1NCCOC12CCCNC2. The van der Waals surface area contributed by atoms with E-state index >= 15 is 0 Å². The van der Waals surface area contributed by atoms with Crippen LogP contribution in [0.2, 0.25) is 0 Å². The molecule has 0 radical (unpaired) electrons. The maximum absolute atomic E-state index is 11.5. The Balaban J connectivity index is 2.09. The zero-order valence-corrected chi connectivity index (χ0v) is 7.06. The second-order valence-corrected chi connectivity index (χ2v) is 3.38. The molecular weight excluding hydrogens is 156 g/mol. The molecule has 1 unspecified atom stereocenters. The Labute approximate surface area is 71.7 Å². The van der Waals surface area contributed by atoms with E-state index in [9.17, 15) is 4.79 Å². The summed E-state index contributed by atoms with van der Waals surface area (Å²) in [7, 11) is 0. The molecule has 1 amide bonds. The fraction of sp³-hybridized carbons (Fsp3) is 0.875. The van der Waals surface area contributed by atoms with Crippen LogP contribution in [0, 0.1) is 0 Å². The zero-order valence-electron chi connectivity index (χ0n) is 7.06. The predicted octanol–water partition coefficient (Wildman–Crippen LogP) is -0.745. The van der Waals surface area contributed by atoms with Gasteiger partial charge in [0.2, 0.25) is 0 Å². The number of carbonyl (C=O) groups is 1. The van der Waals surface area contributed by atoms with E-state index in [1.54, 1.807) is 0 Å². The van der Waals surface area contributed by atoms with Crippen molar-refractivity contribution in [1.82, 2.24) is 10.6 Å². The van der Waals surface area contributed by atoms with Gasteiger partial charge in [-0.05, 0) is 19.4 Å². The van der Waals surface area contributed by atoms with Crippen LogP contribution >= 0.6 is 0 Å². The second kappa shape index (κ2) is 3.03. The number of hydrogen-bond donors (Lipinski definition) is 2. The van der Waals surface area contributed by atoms with Crippen molar-refractivity contribution in [2.24, 2.45) is 0 Å². The molecule has 2 aliphatic heterocycles. The van der Waals surface area contributed by atoms with Gasteiger partial charge in [-0.3, -0.25) is 4.79 Å². The lowest BCUT2D eigenvalue weighted by Gasteiger charge is -2.38. The molecule has 4 nitrogen and oxygen atoms in total. The minimum atomic E-state index is -0.545. The molecule has 0 aliphatic carbocycles. The average Bonchev–Trinajstić information content (AvgIpc) is 2.12. The van der Waals surface area contributed by atoms with Crippen molar-refractivity contribution in [1.29, 1.82) is 0 Å². The summed E-state index contributed by atoms with van der Waals surface area (Å²) in [6.45, 7) is 2.96. The van der Waals surface area contributed by atoms with Crippen molar-refractivity contribution in [3.8, 4) is 0 Å². The number of hydrogen-bond acceptors (Lipinski definition) is 3. The number of nitrogens with one attached hydrogen (secondary N) is 2. The highest BCUT2D eigenvalue weighted by atomic mass is 16.5. The molecule has 0 bridgehead atoms. The van der Waals surface area contributed by atoms with Gasteiger partial charge in [-0.15, -0.1) is 0 Å². The van der Waals surface area contributed by atoms with Gasteiger partial charge in [0.25, 0.3) is 5.91 Å². The summed E-state index contributed by atoms with van der Waals surface area (Å²) < 4.78 is 5.54. The Morgan fingerprint density at radius 1 is 1.42 bits per heavy atom. The van der Waals surface area contributed by atoms with Gasteiger partial charge in [-0.2, -0.15) is 0 Å². The molecular formula is C8H14N2O2. The van der Waals surface area contributed by atoms with Crippen molar-refractivity contribution in [3.05, 3.63) is 0 Å². The van der Waals surface area contributed by atoms with Gasteiger partial charge < -0.3 is 15.4 Å². The summed E-state index contributed by atoms with van der Waals surface area (Å²) in [5, 5.41) is 6.03. The lowest BCUT2D eigenvalue weighted by Crippen LogP contribution is -2.61. The van der Waals surface area contributed by atoms with Crippen LogP contribution in [0.25, 0.3) is 0 Å². The largest absolute Gasteiger partial charge is 0.362 e. The summed E-state index contributed by atoms with van der Waals surface area (Å²) in [6, 6.07) is 0. The minimum absolute atomic E-state index is 0.0564. The van der Waals surface area contributed by atoms with Crippen molar-refractivity contribution >= 4 is 5.91 Å². The number of rotatable bonds is 0. The van der Waals surface area contributed by atoms with Gasteiger partial charge in [0.1, 0.15) is 0 Å². The summed E-state index contributed by atoms with van der Waals surface area (Å²) in [5.74, 6) is 0.0564. The maximum Gasteiger partial charge on any atom is 0.253 e. The van der Waals surface area contributed by atoms with Crippen LogP contribution in [0.1, 0.15) is 12.8 Å². The molecule has 4 heteroatoms. The molecule has 1 spiro atoms. The summed E-state index contributed by atoms with van der Waals surface area (Å²) >= 11 is 0. The van der Waals surface area contributed by atoms with Crippen LogP contribution < -0.4 is 10.6 Å². The number of carbonyl (C=O) groups excluding carboxylic acids is 1. The van der Waals surface area contributed by atoms with Crippen LogP contribution in [0.15, 0.2) is 0 Å². The van der Waals surface area contributed by atoms with E-state index in [1.165, 1.54) is 0 Å². The number of ether oxygens (including phenoxy) is 1. The molecule has 2 saturated heterocycles. The number of amides is 1. The number of morpholine rings is 1. The predicted molar refractivity (Wildman–Crippen MR) is 43.8 cm³/mol. The normalized spacial score (nSPS) is 36.5. The maximum atomic E-state index is 11.5. The van der Waals surface area contributed by atoms with E-state index in [-0.39, 0.29) is 5.91 Å². The van der Waals surface area contributed by atoms with Gasteiger partial charge >= 0.3 is 0 Å². The van der Waals surface area contributed by atoms with E-state index in [1.807, 2.05) is 0 Å². The zero-order chi connectivity index (χ0) is 8.44. The van der Waals surface area contributed by atoms with E-state index < -0.39 is 5.60 Å². The van der Waals surface area contributed by atoms with Crippen molar-refractivity contribution in [2.45, 2.75) is 18.4 Å². The first-order chi connectivity index (χ1) is 5.83. The molecule has 0 aromatic heterocycles. The van der Waals surface area contributed by atoms with E-state index in [2.05, 4.69) is 10.6 Å². The number of piperidine rings is 1. The Bertz CT molecular complexity index is 179. The lowest BCUT2D eigenvalue weighted by molar-refractivity contribution is -0.157. The van der Waals surface area contributed by atoms with Crippen molar-refractivity contribution in [2.75, 3.05) is 26.2 Å². The molecule has 2 aliphatic rings. The Morgan fingerprint density at radius 3 is 3.00 bits per heavy atom. The van der Waals surface area contributed by atoms with E-state index in [4.69, 9.17) is 4.74 Å². The molecule has 0 saturated carbocycles. The lowest BCUT2D eigenvalue weighted by atomic mass is 9.92. The molecule has 68 valence electrons. The molecule has 0 aromatic carbocycles. The molecule has 2 heterocycles. The smallest absolute Gasteiger partial charge is 0.253 e. The molecule has 1 atom stereocenters. The summed E-state index contributed by atoms with van der Waals surface area (Å²) in [6.07, 6.45) is 1.87. The topological polar surface area (TPSA) is 50.4 Å². The third-order valence-corrected chi connectivity index (χ3v) is 2.52. The van der Waals surface area contributed by atoms with E-state index in [0.717, 1.165) is 19.4 Å². The van der Waals surface area contributed by atoms with Gasteiger partial charge in [0.05, 0.1) is 6.61 Å². The van der Waals surface area contributed by atoms with Crippen LogP contribution in [-0.2, 0) is 9.53 Å². The first-order valence-corrected chi connectivity index (χ1v) is 4.46. The first-order valence-electron chi connectivity index (χ1n) is 4.46. The average molecular weight is 170 g/mol. The highest BCUT2D eigenvalue weighted by molar-refractivity contribution is 5.86. The first kappa shape index (κ1) is 8.01. The van der Waals surface area contributed by atoms with Crippen LogP contribution in [0.4, 0.5) is 0 Å². The second-order valence-electron chi connectivity index (χ2n) is 3.38. The van der Waals surface area contributed by atoms with Gasteiger partial charge in [-0.25, -0.2) is 0 Å². The van der Waals surface area contributed by atoms with Gasteiger partial charge in [-0.1, -0.05) is 0 Å². The van der Waals surface area contributed by atoms with Crippen LogP contribution in [-0.4, -0.2) is 37.7 Å². The third-order valence-electron chi connectivity index (χ3n) is 2.52. The van der Waals surface area contributed by atoms with Crippen molar-refractivity contribution < 1.29 is 9.53 Å². The van der Waals surface area contributed by atoms with Crippen LogP contribution in [0.3, 0.4) is 0 Å². The highest BCUT2D eigenvalue weighted by Crippen LogP contribution is 2.22. The van der Waals surface area contributed by atoms with Gasteiger partial charge in [0.15, 0.2) is 5.60 Å². The molecule has 12 heavy (non-hydrogen) atoms. The van der Waals surface area contributed by atoms with E-state index in [0.29, 0.717) is 19.7 Å². The van der Waals surface area contributed by atoms with Crippen molar-refractivity contribution in [3.63, 3.8) is 0 Å². The quantitative estimate of drug-likeness (QED) is 0.503. The Morgan fingerprint density at radius 2 is 2.33 bits per heavy atom. The highest BCUT2D eigenvalue weighted by Gasteiger charge is 2.42. The van der Waals surface area contributed by atoms with Gasteiger partial charge in [0, 0.05) is 13.1 Å². The monoisotopic (exact) mass is 170 g/mol. The fourth-order valence-electron chi connectivity index (χ4n) is 1.83.